The Hall–Kier alpha value is -3.61. The number of aromatic nitrogens is 2. The molecule has 0 aliphatic rings. The topological polar surface area (TPSA) is 85.4 Å². The van der Waals surface area contributed by atoms with Gasteiger partial charge in [0.05, 0.1) is 13.7 Å². The summed E-state index contributed by atoms with van der Waals surface area (Å²) in [7, 11) is 1.62. The van der Waals surface area contributed by atoms with Crippen LogP contribution < -0.4 is 20.1 Å². The highest BCUT2D eigenvalue weighted by Crippen LogP contribution is 2.18. The standard InChI is InChI=1S/C22H24N4O3/c1-3-16-6-4-5-7-19(16)26-22(27)20-14-21(25-15-24-20)23-12-13-29-18-10-8-17(28-2)9-11-18/h4-11,14-15H,3,12-13H2,1-2H3,(H,26,27)(H,23,24,25). The van der Waals surface area contributed by atoms with E-state index in [2.05, 4.69) is 20.6 Å². The molecule has 2 aromatic carbocycles. The van der Waals surface area contributed by atoms with Crippen molar-refractivity contribution in [2.24, 2.45) is 0 Å². The Morgan fingerprint density at radius 2 is 1.79 bits per heavy atom. The second kappa shape index (κ2) is 10.1. The lowest BCUT2D eigenvalue weighted by Crippen LogP contribution is -2.17. The molecule has 0 fully saturated rings. The first kappa shape index (κ1) is 20.1. The van der Waals surface area contributed by atoms with E-state index in [4.69, 9.17) is 9.47 Å². The predicted octanol–water partition coefficient (Wildman–Crippen LogP) is 3.79. The Bertz CT molecular complexity index is 945. The fraction of sp³-hybridized carbons (Fsp3) is 0.227. The molecule has 3 aromatic rings. The molecule has 0 saturated heterocycles. The van der Waals surface area contributed by atoms with Gasteiger partial charge in [-0.15, -0.1) is 0 Å². The molecule has 1 amide bonds. The summed E-state index contributed by atoms with van der Waals surface area (Å²) in [5.74, 6) is 1.83. The van der Waals surface area contributed by atoms with Gasteiger partial charge in [-0.3, -0.25) is 4.79 Å². The molecule has 29 heavy (non-hydrogen) atoms. The molecule has 0 saturated carbocycles. The van der Waals surface area contributed by atoms with Crippen molar-refractivity contribution in [3.63, 3.8) is 0 Å². The molecule has 0 atom stereocenters. The van der Waals surface area contributed by atoms with Crippen molar-refractivity contribution in [3.05, 3.63) is 72.2 Å². The lowest BCUT2D eigenvalue weighted by molar-refractivity contribution is 0.102. The molecule has 0 unspecified atom stereocenters. The van der Waals surface area contributed by atoms with Gasteiger partial charge in [-0.05, 0) is 42.3 Å². The first-order valence-corrected chi connectivity index (χ1v) is 9.41. The van der Waals surface area contributed by atoms with E-state index < -0.39 is 0 Å². The number of para-hydroxylation sites is 1. The van der Waals surface area contributed by atoms with Crippen molar-refractivity contribution in [1.29, 1.82) is 0 Å². The fourth-order valence-electron chi connectivity index (χ4n) is 2.73. The van der Waals surface area contributed by atoms with Crippen LogP contribution in [0.2, 0.25) is 0 Å². The molecule has 3 rings (SSSR count). The molecule has 0 aliphatic carbocycles. The first-order valence-electron chi connectivity index (χ1n) is 9.41. The Labute approximate surface area is 170 Å². The van der Waals surface area contributed by atoms with Gasteiger partial charge in [0.25, 0.3) is 5.91 Å². The summed E-state index contributed by atoms with van der Waals surface area (Å²) in [5, 5.41) is 6.05. The third-order valence-electron chi connectivity index (χ3n) is 4.28. The van der Waals surface area contributed by atoms with Crippen LogP contribution in [0.5, 0.6) is 11.5 Å². The zero-order valence-electron chi connectivity index (χ0n) is 16.5. The predicted molar refractivity (Wildman–Crippen MR) is 113 cm³/mol. The summed E-state index contributed by atoms with van der Waals surface area (Å²) in [6, 6.07) is 16.7. The maximum atomic E-state index is 12.5. The van der Waals surface area contributed by atoms with Crippen LogP contribution in [0.3, 0.4) is 0 Å². The number of amides is 1. The van der Waals surface area contributed by atoms with Crippen molar-refractivity contribution < 1.29 is 14.3 Å². The van der Waals surface area contributed by atoms with Crippen molar-refractivity contribution in [1.82, 2.24) is 9.97 Å². The molecule has 7 nitrogen and oxygen atoms in total. The number of rotatable bonds is 9. The smallest absolute Gasteiger partial charge is 0.274 e. The number of hydrogen-bond acceptors (Lipinski definition) is 6. The van der Waals surface area contributed by atoms with Gasteiger partial charge in [-0.2, -0.15) is 0 Å². The van der Waals surface area contributed by atoms with E-state index in [1.807, 2.05) is 55.5 Å². The number of benzene rings is 2. The lowest BCUT2D eigenvalue weighted by atomic mass is 10.1. The molecule has 150 valence electrons. The second-order valence-corrected chi connectivity index (χ2v) is 6.20. The average Bonchev–Trinajstić information content (AvgIpc) is 2.77. The first-order chi connectivity index (χ1) is 14.2. The number of aryl methyl sites for hydroxylation is 1. The second-order valence-electron chi connectivity index (χ2n) is 6.20. The van der Waals surface area contributed by atoms with Crippen LogP contribution in [0.4, 0.5) is 11.5 Å². The SMILES string of the molecule is CCc1ccccc1NC(=O)c1cc(NCCOc2ccc(OC)cc2)ncn1. The van der Waals surface area contributed by atoms with E-state index in [0.29, 0.717) is 24.7 Å². The van der Waals surface area contributed by atoms with Gasteiger partial charge in [-0.1, -0.05) is 25.1 Å². The van der Waals surface area contributed by atoms with E-state index in [1.54, 1.807) is 13.2 Å². The Morgan fingerprint density at radius 3 is 2.55 bits per heavy atom. The van der Waals surface area contributed by atoms with Crippen LogP contribution in [0, 0.1) is 0 Å². The van der Waals surface area contributed by atoms with Crippen LogP contribution in [-0.2, 0) is 6.42 Å². The largest absolute Gasteiger partial charge is 0.497 e. The van der Waals surface area contributed by atoms with Crippen molar-refractivity contribution >= 4 is 17.4 Å². The van der Waals surface area contributed by atoms with Crippen LogP contribution in [0.1, 0.15) is 23.0 Å². The van der Waals surface area contributed by atoms with Gasteiger partial charge in [0.15, 0.2) is 0 Å². The molecule has 0 bridgehead atoms. The zero-order valence-corrected chi connectivity index (χ0v) is 16.5. The monoisotopic (exact) mass is 392 g/mol. The van der Waals surface area contributed by atoms with Crippen molar-refractivity contribution in [2.75, 3.05) is 30.9 Å². The highest BCUT2D eigenvalue weighted by atomic mass is 16.5. The van der Waals surface area contributed by atoms with Crippen LogP contribution in [0.15, 0.2) is 60.9 Å². The minimum atomic E-state index is -0.272. The number of nitrogens with one attached hydrogen (secondary N) is 2. The third kappa shape index (κ3) is 5.68. The molecular formula is C22H24N4O3. The quantitative estimate of drug-likeness (QED) is 0.539. The van der Waals surface area contributed by atoms with Gasteiger partial charge < -0.3 is 20.1 Å². The lowest BCUT2D eigenvalue weighted by Gasteiger charge is -2.11. The molecule has 0 aliphatic heterocycles. The maximum absolute atomic E-state index is 12.5. The Balaban J connectivity index is 1.52. The highest BCUT2D eigenvalue weighted by Gasteiger charge is 2.11. The number of ether oxygens (including phenoxy) is 2. The van der Waals surface area contributed by atoms with Crippen LogP contribution in [-0.4, -0.2) is 36.1 Å². The number of methoxy groups -OCH3 is 1. The third-order valence-corrected chi connectivity index (χ3v) is 4.28. The molecule has 2 N–H and O–H groups in total. The van der Waals surface area contributed by atoms with E-state index in [1.165, 1.54) is 6.33 Å². The average molecular weight is 392 g/mol. The number of carbonyl (C=O) groups is 1. The molecule has 1 aromatic heterocycles. The summed E-state index contributed by atoms with van der Waals surface area (Å²) < 4.78 is 10.8. The number of hydrogen-bond donors (Lipinski definition) is 2. The normalized spacial score (nSPS) is 10.3. The number of nitrogens with zero attached hydrogens (tertiary/aromatic N) is 2. The minimum Gasteiger partial charge on any atom is -0.497 e. The summed E-state index contributed by atoms with van der Waals surface area (Å²) in [6.45, 7) is 3.02. The Morgan fingerprint density at radius 1 is 1.03 bits per heavy atom. The molecule has 0 radical (unpaired) electrons. The van der Waals surface area contributed by atoms with Crippen LogP contribution >= 0.6 is 0 Å². The van der Waals surface area contributed by atoms with Crippen molar-refractivity contribution in [2.45, 2.75) is 13.3 Å². The molecule has 0 spiro atoms. The van der Waals surface area contributed by atoms with Crippen molar-refractivity contribution in [3.8, 4) is 11.5 Å². The van der Waals surface area contributed by atoms with E-state index in [-0.39, 0.29) is 5.91 Å². The van der Waals surface area contributed by atoms with E-state index >= 15 is 0 Å². The number of anilines is 2. The summed E-state index contributed by atoms with van der Waals surface area (Å²) in [5.41, 5.74) is 2.16. The number of carbonyl (C=O) groups excluding carboxylic acids is 1. The van der Waals surface area contributed by atoms with Gasteiger partial charge in [0.1, 0.15) is 35.9 Å². The fourth-order valence-corrected chi connectivity index (χ4v) is 2.73. The summed E-state index contributed by atoms with van der Waals surface area (Å²) in [6.07, 6.45) is 2.20. The molecule has 1 heterocycles. The Kier molecular flexibility index (Phi) is 7.00. The van der Waals surface area contributed by atoms with Crippen LogP contribution in [0.25, 0.3) is 0 Å². The minimum absolute atomic E-state index is 0.272. The maximum Gasteiger partial charge on any atom is 0.274 e. The molecular weight excluding hydrogens is 368 g/mol. The molecule has 7 heteroatoms. The van der Waals surface area contributed by atoms with E-state index in [9.17, 15) is 4.79 Å². The highest BCUT2D eigenvalue weighted by molar-refractivity contribution is 6.03. The van der Waals surface area contributed by atoms with E-state index in [0.717, 1.165) is 29.2 Å². The van der Waals surface area contributed by atoms with Gasteiger partial charge in [0.2, 0.25) is 0 Å². The zero-order chi connectivity index (χ0) is 20.5. The van der Waals surface area contributed by atoms with Gasteiger partial charge in [0, 0.05) is 11.8 Å². The summed E-state index contributed by atoms with van der Waals surface area (Å²) in [4.78, 5) is 20.8. The summed E-state index contributed by atoms with van der Waals surface area (Å²) >= 11 is 0. The van der Waals surface area contributed by atoms with Gasteiger partial charge in [-0.25, -0.2) is 9.97 Å². The van der Waals surface area contributed by atoms with Gasteiger partial charge >= 0.3 is 0 Å².